The summed E-state index contributed by atoms with van der Waals surface area (Å²) in [5.41, 5.74) is 0.671. The van der Waals surface area contributed by atoms with Gasteiger partial charge in [-0.1, -0.05) is 0 Å². The van der Waals surface area contributed by atoms with Crippen molar-refractivity contribution in [2.75, 3.05) is 26.2 Å². The summed E-state index contributed by atoms with van der Waals surface area (Å²) in [6.45, 7) is 3.99. The van der Waals surface area contributed by atoms with Crippen LogP contribution in [0.1, 0.15) is 29.6 Å². The summed E-state index contributed by atoms with van der Waals surface area (Å²) < 4.78 is 0. The van der Waals surface area contributed by atoms with E-state index in [0.29, 0.717) is 11.6 Å². The predicted octanol–water partition coefficient (Wildman–Crippen LogP) is 1.70. The summed E-state index contributed by atoms with van der Waals surface area (Å²) in [5, 5.41) is 9.29. The van der Waals surface area contributed by atoms with E-state index in [9.17, 15) is 9.90 Å². The van der Waals surface area contributed by atoms with Gasteiger partial charge in [-0.15, -0.1) is 0 Å². The molecule has 0 aliphatic carbocycles. The molecule has 4 heteroatoms. The van der Waals surface area contributed by atoms with Gasteiger partial charge < -0.3 is 10.0 Å². The maximum atomic E-state index is 12.5. The molecule has 0 saturated carbocycles. The molecule has 0 radical (unpaired) electrons. The highest BCUT2D eigenvalue weighted by atomic mass is 16.3. The Kier molecular flexibility index (Phi) is 3.42. The van der Waals surface area contributed by atoms with Crippen molar-refractivity contribution in [3.05, 3.63) is 29.8 Å². The Labute approximate surface area is 113 Å². The molecule has 2 aliphatic heterocycles. The maximum absolute atomic E-state index is 12.5. The molecule has 102 valence electrons. The molecule has 0 aromatic heterocycles. The molecular weight excluding hydrogens is 240 g/mol. The van der Waals surface area contributed by atoms with Gasteiger partial charge in [-0.3, -0.25) is 9.69 Å². The van der Waals surface area contributed by atoms with Crippen molar-refractivity contribution < 1.29 is 9.90 Å². The van der Waals surface area contributed by atoms with Crippen LogP contribution in [0.5, 0.6) is 5.75 Å². The molecule has 2 saturated heterocycles. The molecule has 2 heterocycles. The molecule has 0 bridgehead atoms. The first-order chi connectivity index (χ1) is 9.24. The minimum atomic E-state index is 0.0914. The van der Waals surface area contributed by atoms with Crippen LogP contribution in [-0.2, 0) is 0 Å². The number of hydrogen-bond donors (Lipinski definition) is 1. The third-order valence-electron chi connectivity index (χ3n) is 4.21. The van der Waals surface area contributed by atoms with Gasteiger partial charge in [0, 0.05) is 31.2 Å². The van der Waals surface area contributed by atoms with Gasteiger partial charge in [0.05, 0.1) is 0 Å². The van der Waals surface area contributed by atoms with E-state index >= 15 is 0 Å². The first-order valence-corrected chi connectivity index (χ1v) is 7.06. The number of aromatic hydroxyl groups is 1. The minimum Gasteiger partial charge on any atom is -0.508 e. The van der Waals surface area contributed by atoms with Crippen molar-refractivity contribution >= 4 is 5.91 Å². The van der Waals surface area contributed by atoms with E-state index < -0.39 is 0 Å². The lowest BCUT2D eigenvalue weighted by Gasteiger charge is -2.25. The highest BCUT2D eigenvalue weighted by molar-refractivity contribution is 5.94. The SMILES string of the molecule is O=C(c1ccc(O)cc1)N1CCCN2CCC[C@@H]2C1. The summed E-state index contributed by atoms with van der Waals surface area (Å²) in [5.74, 6) is 0.295. The third kappa shape index (κ3) is 2.59. The van der Waals surface area contributed by atoms with Gasteiger partial charge >= 0.3 is 0 Å². The van der Waals surface area contributed by atoms with Crippen molar-refractivity contribution in [2.24, 2.45) is 0 Å². The highest BCUT2D eigenvalue weighted by Gasteiger charge is 2.30. The van der Waals surface area contributed by atoms with Crippen molar-refractivity contribution in [3.8, 4) is 5.75 Å². The van der Waals surface area contributed by atoms with Crippen LogP contribution >= 0.6 is 0 Å². The van der Waals surface area contributed by atoms with Crippen LogP contribution in [0.15, 0.2) is 24.3 Å². The fourth-order valence-electron chi connectivity index (χ4n) is 3.18. The molecule has 1 aromatic rings. The molecule has 2 aliphatic rings. The first-order valence-electron chi connectivity index (χ1n) is 7.06. The van der Waals surface area contributed by atoms with Gasteiger partial charge in [0.2, 0.25) is 0 Å². The second-order valence-electron chi connectivity index (χ2n) is 5.48. The van der Waals surface area contributed by atoms with E-state index in [4.69, 9.17) is 0 Å². The van der Waals surface area contributed by atoms with Crippen LogP contribution in [0.25, 0.3) is 0 Å². The summed E-state index contributed by atoms with van der Waals surface area (Å²) in [6, 6.07) is 7.10. The van der Waals surface area contributed by atoms with Crippen LogP contribution in [0, 0.1) is 0 Å². The first kappa shape index (κ1) is 12.5. The zero-order chi connectivity index (χ0) is 13.2. The molecule has 1 amide bonds. The fourth-order valence-corrected chi connectivity index (χ4v) is 3.18. The summed E-state index contributed by atoms with van der Waals surface area (Å²) in [6.07, 6.45) is 3.52. The zero-order valence-corrected chi connectivity index (χ0v) is 11.1. The smallest absolute Gasteiger partial charge is 0.253 e. The van der Waals surface area contributed by atoms with E-state index in [-0.39, 0.29) is 11.7 Å². The van der Waals surface area contributed by atoms with Crippen LogP contribution in [0.2, 0.25) is 0 Å². The number of phenolic OH excluding ortho intramolecular Hbond substituents is 1. The van der Waals surface area contributed by atoms with Crippen LogP contribution < -0.4 is 0 Å². The van der Waals surface area contributed by atoms with Gasteiger partial charge in [-0.25, -0.2) is 0 Å². The average Bonchev–Trinajstić information content (AvgIpc) is 2.76. The van der Waals surface area contributed by atoms with Crippen LogP contribution in [0.4, 0.5) is 0 Å². The van der Waals surface area contributed by atoms with Crippen LogP contribution in [0.3, 0.4) is 0 Å². The van der Waals surface area contributed by atoms with Crippen LogP contribution in [-0.4, -0.2) is 53.0 Å². The molecule has 1 atom stereocenters. The Bertz CT molecular complexity index is 458. The number of carbonyl (C=O) groups is 1. The number of phenols is 1. The Hall–Kier alpha value is -1.55. The molecule has 1 N–H and O–H groups in total. The minimum absolute atomic E-state index is 0.0914. The average molecular weight is 260 g/mol. The lowest BCUT2D eigenvalue weighted by Crippen LogP contribution is -2.39. The molecular formula is C15H20N2O2. The number of nitrogens with zero attached hydrogens (tertiary/aromatic N) is 2. The predicted molar refractivity (Wildman–Crippen MR) is 73.2 cm³/mol. The molecule has 3 rings (SSSR count). The Balaban J connectivity index is 1.73. The standard InChI is InChI=1S/C15H20N2O2/c18-14-6-4-12(5-7-14)15(19)17-10-2-9-16-8-1-3-13(16)11-17/h4-7,13,18H,1-3,8-11H2/t13-/m1/s1. The van der Waals surface area contributed by atoms with Gasteiger partial charge in [0.15, 0.2) is 0 Å². The normalized spacial score (nSPS) is 24.0. The summed E-state index contributed by atoms with van der Waals surface area (Å²) >= 11 is 0. The van der Waals surface area contributed by atoms with E-state index in [1.807, 2.05) is 4.90 Å². The van der Waals surface area contributed by atoms with E-state index in [1.54, 1.807) is 24.3 Å². The van der Waals surface area contributed by atoms with Crippen molar-refractivity contribution in [1.82, 2.24) is 9.80 Å². The van der Waals surface area contributed by atoms with Gasteiger partial charge in [0.25, 0.3) is 5.91 Å². The van der Waals surface area contributed by atoms with E-state index in [1.165, 1.54) is 19.4 Å². The molecule has 1 aromatic carbocycles. The molecule has 0 unspecified atom stereocenters. The largest absolute Gasteiger partial charge is 0.508 e. The third-order valence-corrected chi connectivity index (χ3v) is 4.21. The van der Waals surface area contributed by atoms with Gasteiger partial charge in [0.1, 0.15) is 5.75 Å². The summed E-state index contributed by atoms with van der Waals surface area (Å²) in [7, 11) is 0. The second-order valence-corrected chi connectivity index (χ2v) is 5.48. The lowest BCUT2D eigenvalue weighted by molar-refractivity contribution is 0.0743. The van der Waals surface area contributed by atoms with Crippen molar-refractivity contribution in [2.45, 2.75) is 25.3 Å². The monoisotopic (exact) mass is 260 g/mol. The zero-order valence-electron chi connectivity index (χ0n) is 11.1. The Morgan fingerprint density at radius 1 is 1.11 bits per heavy atom. The number of hydrogen-bond acceptors (Lipinski definition) is 3. The topological polar surface area (TPSA) is 43.8 Å². The number of amides is 1. The van der Waals surface area contributed by atoms with Gasteiger partial charge in [-0.05, 0) is 50.1 Å². The molecule has 0 spiro atoms. The number of rotatable bonds is 1. The van der Waals surface area contributed by atoms with Crippen molar-refractivity contribution in [1.29, 1.82) is 0 Å². The lowest BCUT2D eigenvalue weighted by atomic mass is 10.1. The van der Waals surface area contributed by atoms with Gasteiger partial charge in [-0.2, -0.15) is 0 Å². The number of fused-ring (bicyclic) bond motifs is 1. The van der Waals surface area contributed by atoms with E-state index in [0.717, 1.165) is 26.1 Å². The fraction of sp³-hybridized carbons (Fsp3) is 0.533. The molecule has 2 fully saturated rings. The van der Waals surface area contributed by atoms with E-state index in [2.05, 4.69) is 4.90 Å². The number of benzene rings is 1. The second kappa shape index (κ2) is 5.21. The Morgan fingerprint density at radius 3 is 2.63 bits per heavy atom. The highest BCUT2D eigenvalue weighted by Crippen LogP contribution is 2.22. The molecule has 19 heavy (non-hydrogen) atoms. The Morgan fingerprint density at radius 2 is 1.84 bits per heavy atom. The quantitative estimate of drug-likeness (QED) is 0.836. The maximum Gasteiger partial charge on any atom is 0.253 e. The summed E-state index contributed by atoms with van der Waals surface area (Å²) in [4.78, 5) is 17.0. The van der Waals surface area contributed by atoms with Crippen molar-refractivity contribution in [3.63, 3.8) is 0 Å². The number of carbonyl (C=O) groups excluding carboxylic acids is 1. The molecule has 4 nitrogen and oxygen atoms in total.